The molecule has 3 amide bonds. The first kappa shape index (κ1) is 20.7. The molecule has 6 nitrogen and oxygen atoms in total. The summed E-state index contributed by atoms with van der Waals surface area (Å²) in [5, 5.41) is 9.34. The number of nitrogens with zero attached hydrogens (tertiary/aromatic N) is 1. The lowest BCUT2D eigenvalue weighted by Gasteiger charge is -2.54. The molecule has 31 heavy (non-hydrogen) atoms. The number of urea groups is 1. The fourth-order valence-electron chi connectivity index (χ4n) is 6.82. The zero-order valence-electron chi connectivity index (χ0n) is 18.8. The van der Waals surface area contributed by atoms with E-state index in [4.69, 9.17) is 0 Å². The van der Waals surface area contributed by atoms with Gasteiger partial charge in [-0.2, -0.15) is 0 Å². The van der Waals surface area contributed by atoms with Crippen molar-refractivity contribution in [3.63, 3.8) is 0 Å². The first-order valence-corrected chi connectivity index (χ1v) is 12.2. The van der Waals surface area contributed by atoms with Crippen LogP contribution in [0.25, 0.3) is 0 Å². The van der Waals surface area contributed by atoms with Crippen molar-refractivity contribution in [3.05, 3.63) is 29.8 Å². The van der Waals surface area contributed by atoms with Crippen LogP contribution in [-0.4, -0.2) is 43.2 Å². The number of rotatable bonds is 5. The third kappa shape index (κ3) is 4.39. The van der Waals surface area contributed by atoms with Crippen LogP contribution in [0, 0.1) is 23.7 Å². The summed E-state index contributed by atoms with van der Waals surface area (Å²) >= 11 is 0. The quantitative estimate of drug-likeness (QED) is 0.677. The predicted octanol–water partition coefficient (Wildman–Crippen LogP) is 3.53. The van der Waals surface area contributed by atoms with Gasteiger partial charge < -0.3 is 20.9 Å². The lowest BCUT2D eigenvalue weighted by atomic mass is 9.54. The van der Waals surface area contributed by atoms with E-state index in [0.717, 1.165) is 42.6 Å². The van der Waals surface area contributed by atoms with Crippen molar-refractivity contribution in [2.24, 2.45) is 23.7 Å². The third-order valence-electron chi connectivity index (χ3n) is 7.96. The van der Waals surface area contributed by atoms with Gasteiger partial charge in [0.15, 0.2) is 0 Å². The number of amides is 3. The lowest BCUT2D eigenvalue weighted by Crippen LogP contribution is -2.55. The molecule has 1 aliphatic heterocycles. The fraction of sp³-hybridized carbons (Fsp3) is 0.680. The van der Waals surface area contributed by atoms with Crippen LogP contribution in [0.15, 0.2) is 24.3 Å². The van der Waals surface area contributed by atoms with Crippen molar-refractivity contribution < 1.29 is 9.59 Å². The molecular formula is C25H36N4O2. The Labute approximate surface area is 185 Å². The zero-order valence-corrected chi connectivity index (χ0v) is 18.8. The van der Waals surface area contributed by atoms with Gasteiger partial charge in [-0.15, -0.1) is 0 Å². The Balaban J connectivity index is 1.15. The second-order valence-electron chi connectivity index (χ2n) is 10.7. The molecule has 6 heteroatoms. The van der Waals surface area contributed by atoms with Crippen LogP contribution in [0.2, 0.25) is 0 Å². The van der Waals surface area contributed by atoms with Gasteiger partial charge in [-0.25, -0.2) is 4.79 Å². The Bertz CT molecular complexity index is 793. The first-order chi connectivity index (χ1) is 14.9. The maximum absolute atomic E-state index is 13.0. The van der Waals surface area contributed by atoms with Gasteiger partial charge in [0.05, 0.1) is 0 Å². The molecule has 4 bridgehead atoms. The fourth-order valence-corrected chi connectivity index (χ4v) is 6.82. The van der Waals surface area contributed by atoms with E-state index < -0.39 is 0 Å². The maximum Gasteiger partial charge on any atom is 0.315 e. The number of anilines is 1. The van der Waals surface area contributed by atoms with Crippen LogP contribution < -0.4 is 20.9 Å². The normalized spacial score (nSPS) is 33.6. The summed E-state index contributed by atoms with van der Waals surface area (Å²) in [5.74, 6) is 3.31. The van der Waals surface area contributed by atoms with E-state index in [0.29, 0.717) is 17.9 Å². The maximum atomic E-state index is 13.0. The van der Waals surface area contributed by atoms with Gasteiger partial charge in [0.1, 0.15) is 0 Å². The monoisotopic (exact) mass is 424 g/mol. The van der Waals surface area contributed by atoms with E-state index in [-0.39, 0.29) is 24.0 Å². The largest absolute Gasteiger partial charge is 0.369 e. The molecule has 4 aliphatic carbocycles. The van der Waals surface area contributed by atoms with Gasteiger partial charge in [0.2, 0.25) is 0 Å². The molecular weight excluding hydrogens is 388 g/mol. The van der Waals surface area contributed by atoms with Crippen molar-refractivity contribution in [2.45, 2.75) is 70.5 Å². The number of hydrogen-bond acceptors (Lipinski definition) is 3. The van der Waals surface area contributed by atoms with Crippen molar-refractivity contribution in [1.29, 1.82) is 0 Å². The van der Waals surface area contributed by atoms with Gasteiger partial charge in [-0.05, 0) is 100 Å². The molecule has 1 saturated heterocycles. The summed E-state index contributed by atoms with van der Waals surface area (Å²) in [7, 11) is 0. The third-order valence-corrected chi connectivity index (χ3v) is 7.96. The number of benzene rings is 1. The Kier molecular flexibility index (Phi) is 5.57. The summed E-state index contributed by atoms with van der Waals surface area (Å²) < 4.78 is 0. The predicted molar refractivity (Wildman–Crippen MR) is 122 cm³/mol. The van der Waals surface area contributed by atoms with Crippen molar-refractivity contribution >= 4 is 17.6 Å². The smallest absolute Gasteiger partial charge is 0.315 e. The van der Waals surface area contributed by atoms with Crippen LogP contribution >= 0.6 is 0 Å². The first-order valence-electron chi connectivity index (χ1n) is 12.2. The Morgan fingerprint density at radius 1 is 0.935 bits per heavy atom. The Morgan fingerprint density at radius 2 is 1.58 bits per heavy atom. The van der Waals surface area contributed by atoms with E-state index in [9.17, 15) is 9.59 Å². The lowest BCUT2D eigenvalue weighted by molar-refractivity contribution is -0.0119. The van der Waals surface area contributed by atoms with Crippen molar-refractivity contribution in [1.82, 2.24) is 16.0 Å². The minimum atomic E-state index is -0.0985. The number of carbonyl (C=O) groups is 2. The van der Waals surface area contributed by atoms with Gasteiger partial charge in [-0.1, -0.05) is 0 Å². The van der Waals surface area contributed by atoms with E-state index in [1.807, 2.05) is 38.1 Å². The molecule has 5 aliphatic rings. The molecule has 4 saturated carbocycles. The highest BCUT2D eigenvalue weighted by Crippen LogP contribution is 2.53. The summed E-state index contributed by atoms with van der Waals surface area (Å²) in [5.41, 5.74) is 1.86. The molecule has 5 fully saturated rings. The van der Waals surface area contributed by atoms with E-state index >= 15 is 0 Å². The van der Waals surface area contributed by atoms with E-state index in [1.165, 1.54) is 32.1 Å². The molecule has 0 aromatic heterocycles. The Hall–Kier alpha value is -2.24. The van der Waals surface area contributed by atoms with Crippen molar-refractivity contribution in [2.75, 3.05) is 18.0 Å². The van der Waals surface area contributed by atoms with E-state index in [1.54, 1.807) is 0 Å². The van der Waals surface area contributed by atoms with Gasteiger partial charge in [-0.3, -0.25) is 4.79 Å². The van der Waals surface area contributed by atoms with Crippen molar-refractivity contribution in [3.8, 4) is 0 Å². The van der Waals surface area contributed by atoms with Gasteiger partial charge >= 0.3 is 6.03 Å². The zero-order chi connectivity index (χ0) is 21.5. The summed E-state index contributed by atoms with van der Waals surface area (Å²) in [4.78, 5) is 27.2. The molecule has 1 heterocycles. The molecule has 0 spiro atoms. The molecule has 0 radical (unpaired) electrons. The van der Waals surface area contributed by atoms with Crippen LogP contribution in [0.3, 0.4) is 0 Å². The molecule has 3 N–H and O–H groups in total. The number of nitrogens with one attached hydrogen (secondary N) is 3. The number of hydrogen-bond donors (Lipinski definition) is 3. The van der Waals surface area contributed by atoms with Gasteiger partial charge in [0, 0.05) is 42.5 Å². The highest BCUT2D eigenvalue weighted by atomic mass is 16.2. The number of carbonyl (C=O) groups excluding carboxylic acids is 2. The SMILES string of the molecule is CC(C)NC(=O)N[C@@H]1CCN(c2ccc(C(=O)NC3C4CC5CC(C4)CC3C5)cc2)C1. The van der Waals surface area contributed by atoms with Crippen LogP contribution in [-0.2, 0) is 0 Å². The standard InChI is InChI=1S/C25H36N4O2/c1-15(2)26-25(31)27-21-7-8-29(14-21)22-5-3-18(4-6-22)24(30)28-23-19-10-16-9-17(12-19)13-20(23)11-16/h3-6,15-17,19-21,23H,7-14H2,1-2H3,(H,28,30)(H2,26,27,31)/t16?,17?,19?,20?,21-,23?/m1/s1. The molecule has 1 aromatic rings. The average Bonchev–Trinajstić information content (AvgIpc) is 3.18. The highest BCUT2D eigenvalue weighted by molar-refractivity contribution is 5.94. The van der Waals surface area contributed by atoms with E-state index in [2.05, 4.69) is 20.9 Å². The molecule has 1 atom stereocenters. The highest BCUT2D eigenvalue weighted by Gasteiger charge is 2.48. The second kappa shape index (κ2) is 8.36. The molecule has 1 aromatic carbocycles. The summed E-state index contributed by atoms with van der Waals surface area (Å²) in [6.45, 7) is 5.62. The van der Waals surface area contributed by atoms with Crippen LogP contribution in [0.4, 0.5) is 10.5 Å². The minimum absolute atomic E-state index is 0.0790. The second-order valence-corrected chi connectivity index (χ2v) is 10.7. The Morgan fingerprint density at radius 3 is 2.19 bits per heavy atom. The van der Waals surface area contributed by atoms with Gasteiger partial charge in [0.25, 0.3) is 5.91 Å². The minimum Gasteiger partial charge on any atom is -0.369 e. The molecule has 168 valence electrons. The summed E-state index contributed by atoms with van der Waals surface area (Å²) in [6.07, 6.45) is 7.63. The molecule has 6 rings (SSSR count). The average molecular weight is 425 g/mol. The summed E-state index contributed by atoms with van der Waals surface area (Å²) in [6, 6.07) is 8.56. The van der Waals surface area contributed by atoms with Crippen LogP contribution in [0.5, 0.6) is 0 Å². The van der Waals surface area contributed by atoms with Crippen LogP contribution in [0.1, 0.15) is 62.7 Å². The molecule has 0 unspecified atom stereocenters. The topological polar surface area (TPSA) is 73.5 Å².